The summed E-state index contributed by atoms with van der Waals surface area (Å²) in [6.45, 7) is 3.49. The van der Waals surface area contributed by atoms with Crippen molar-refractivity contribution in [2.75, 3.05) is 4.72 Å². The molecule has 0 saturated heterocycles. The van der Waals surface area contributed by atoms with Crippen LogP contribution in [0.1, 0.15) is 11.3 Å². The van der Waals surface area contributed by atoms with Gasteiger partial charge in [-0.25, -0.2) is 12.8 Å². The number of hydrogen-bond donors (Lipinski definition) is 1. The molecule has 7 heteroatoms. The Kier molecular flexibility index (Phi) is 4.11. The summed E-state index contributed by atoms with van der Waals surface area (Å²) in [4.78, 5) is 0.123. The first-order valence-electron chi connectivity index (χ1n) is 7.18. The highest BCUT2D eigenvalue weighted by Crippen LogP contribution is 2.27. The Hall–Kier alpha value is -2.67. The first-order chi connectivity index (χ1) is 11.3. The van der Waals surface area contributed by atoms with Gasteiger partial charge in [0.05, 0.1) is 10.6 Å². The average molecular weight is 346 g/mol. The Bertz CT molecular complexity index is 979. The van der Waals surface area contributed by atoms with Crippen LogP contribution in [0.2, 0.25) is 0 Å². The fourth-order valence-electron chi connectivity index (χ4n) is 2.27. The highest BCUT2D eigenvalue weighted by molar-refractivity contribution is 7.92. The summed E-state index contributed by atoms with van der Waals surface area (Å²) in [6, 6.07) is 11.9. The van der Waals surface area contributed by atoms with Gasteiger partial charge in [0.15, 0.2) is 5.76 Å². The minimum Gasteiger partial charge on any atom is -0.356 e. The van der Waals surface area contributed by atoms with Crippen molar-refractivity contribution in [3.8, 4) is 11.3 Å². The Morgan fingerprint density at radius 3 is 2.38 bits per heavy atom. The molecule has 3 aromatic rings. The fourth-order valence-corrected chi connectivity index (χ4v) is 3.60. The molecule has 0 fully saturated rings. The zero-order valence-electron chi connectivity index (χ0n) is 13.1. The Morgan fingerprint density at radius 1 is 1.04 bits per heavy atom. The number of aromatic nitrogens is 1. The lowest BCUT2D eigenvalue weighted by molar-refractivity contribution is 0.427. The summed E-state index contributed by atoms with van der Waals surface area (Å²) in [5.74, 6) is 0.0579. The molecule has 0 aliphatic carbocycles. The van der Waals surface area contributed by atoms with E-state index < -0.39 is 15.8 Å². The van der Waals surface area contributed by atoms with E-state index in [0.717, 1.165) is 0 Å². The minimum absolute atomic E-state index is 0.123. The van der Waals surface area contributed by atoms with E-state index >= 15 is 0 Å². The van der Waals surface area contributed by atoms with E-state index in [9.17, 15) is 12.8 Å². The second kappa shape index (κ2) is 6.09. The fraction of sp³-hybridized carbons (Fsp3) is 0.118. The number of hydrogen-bond acceptors (Lipinski definition) is 4. The van der Waals surface area contributed by atoms with Crippen LogP contribution in [-0.2, 0) is 10.0 Å². The summed E-state index contributed by atoms with van der Waals surface area (Å²) in [5.41, 5.74) is 2.20. The number of anilines is 1. The highest BCUT2D eigenvalue weighted by Gasteiger charge is 2.19. The molecule has 0 radical (unpaired) electrons. The van der Waals surface area contributed by atoms with Crippen LogP contribution in [0, 0.1) is 19.7 Å². The van der Waals surface area contributed by atoms with Crippen LogP contribution in [0.5, 0.6) is 0 Å². The van der Waals surface area contributed by atoms with Gasteiger partial charge in [-0.1, -0.05) is 17.3 Å². The van der Waals surface area contributed by atoms with Gasteiger partial charge in [-0.2, -0.15) is 0 Å². The number of aryl methyl sites for hydroxylation is 2. The van der Waals surface area contributed by atoms with Crippen LogP contribution >= 0.6 is 0 Å². The van der Waals surface area contributed by atoms with Gasteiger partial charge in [-0.05, 0) is 49.7 Å². The van der Waals surface area contributed by atoms with E-state index in [1.54, 1.807) is 32.0 Å². The number of benzene rings is 2. The number of nitrogens with one attached hydrogen (secondary N) is 1. The van der Waals surface area contributed by atoms with Gasteiger partial charge in [-0.15, -0.1) is 0 Å². The van der Waals surface area contributed by atoms with E-state index in [0.29, 0.717) is 22.6 Å². The van der Waals surface area contributed by atoms with Crippen molar-refractivity contribution < 1.29 is 17.3 Å². The Balaban J connectivity index is 1.99. The molecule has 0 bridgehead atoms. The number of sulfonamides is 1. The van der Waals surface area contributed by atoms with Gasteiger partial charge in [0.25, 0.3) is 10.0 Å². The zero-order valence-corrected chi connectivity index (χ0v) is 13.9. The van der Waals surface area contributed by atoms with Gasteiger partial charge < -0.3 is 4.52 Å². The van der Waals surface area contributed by atoms with Gasteiger partial charge in [-0.3, -0.25) is 4.72 Å². The van der Waals surface area contributed by atoms with Gasteiger partial charge in [0.1, 0.15) is 5.82 Å². The first kappa shape index (κ1) is 16.2. The van der Waals surface area contributed by atoms with Crippen molar-refractivity contribution in [3.63, 3.8) is 0 Å². The molecule has 24 heavy (non-hydrogen) atoms. The van der Waals surface area contributed by atoms with Crippen molar-refractivity contribution in [1.82, 2.24) is 5.16 Å². The second-order valence-corrected chi connectivity index (χ2v) is 7.08. The van der Waals surface area contributed by atoms with Crippen molar-refractivity contribution in [2.45, 2.75) is 18.7 Å². The molecule has 0 aliphatic heterocycles. The van der Waals surface area contributed by atoms with Crippen molar-refractivity contribution >= 4 is 15.7 Å². The molecule has 3 rings (SSSR count). The maximum Gasteiger partial charge on any atom is 0.262 e. The Labute approximate surface area is 139 Å². The largest absolute Gasteiger partial charge is 0.356 e. The van der Waals surface area contributed by atoms with Crippen molar-refractivity contribution in [1.29, 1.82) is 0 Å². The summed E-state index contributed by atoms with van der Waals surface area (Å²) in [6.07, 6.45) is 0. The second-order valence-electron chi connectivity index (χ2n) is 5.43. The topological polar surface area (TPSA) is 72.2 Å². The van der Waals surface area contributed by atoms with Gasteiger partial charge in [0.2, 0.25) is 0 Å². The van der Waals surface area contributed by atoms with Crippen molar-refractivity contribution in [2.24, 2.45) is 0 Å². The molecule has 2 aromatic carbocycles. The van der Waals surface area contributed by atoms with Crippen LogP contribution in [0.15, 0.2) is 57.9 Å². The standard InChI is InChI=1S/C17H15FN2O3S/c1-11-3-4-13(16-9-12(2)19-23-16)10-17(11)24(21,22)20-15-7-5-14(18)6-8-15/h3-10,20H,1-2H3. The molecule has 124 valence electrons. The lowest BCUT2D eigenvalue weighted by Gasteiger charge is -2.11. The summed E-state index contributed by atoms with van der Waals surface area (Å²) < 4.78 is 45.9. The smallest absolute Gasteiger partial charge is 0.262 e. The minimum atomic E-state index is -3.82. The van der Waals surface area contributed by atoms with E-state index in [1.807, 2.05) is 0 Å². The van der Waals surface area contributed by atoms with Gasteiger partial charge in [0, 0.05) is 17.3 Å². The predicted molar refractivity (Wildman–Crippen MR) is 88.6 cm³/mol. The molecular weight excluding hydrogens is 331 g/mol. The van der Waals surface area contributed by atoms with Crippen LogP contribution < -0.4 is 4.72 Å². The maximum atomic E-state index is 13.0. The molecular formula is C17H15FN2O3S. The third-order valence-corrected chi connectivity index (χ3v) is 5.01. The lowest BCUT2D eigenvalue weighted by atomic mass is 10.1. The normalized spacial score (nSPS) is 11.5. The molecule has 0 aliphatic rings. The quantitative estimate of drug-likeness (QED) is 0.778. The molecule has 0 unspecified atom stereocenters. The lowest BCUT2D eigenvalue weighted by Crippen LogP contribution is -2.14. The predicted octanol–water partition coefficient (Wildman–Crippen LogP) is 3.90. The molecule has 0 spiro atoms. The third kappa shape index (κ3) is 3.30. The molecule has 1 aromatic heterocycles. The summed E-state index contributed by atoms with van der Waals surface area (Å²) in [5, 5.41) is 3.81. The molecule has 0 atom stereocenters. The van der Waals surface area contributed by atoms with E-state index in [2.05, 4.69) is 9.88 Å². The van der Waals surface area contributed by atoms with Crippen LogP contribution in [0.25, 0.3) is 11.3 Å². The molecule has 0 amide bonds. The van der Waals surface area contributed by atoms with E-state index in [1.165, 1.54) is 30.3 Å². The maximum absolute atomic E-state index is 13.0. The molecule has 0 saturated carbocycles. The highest BCUT2D eigenvalue weighted by atomic mass is 32.2. The van der Waals surface area contributed by atoms with Crippen LogP contribution in [0.3, 0.4) is 0 Å². The van der Waals surface area contributed by atoms with Crippen LogP contribution in [0.4, 0.5) is 10.1 Å². The third-order valence-electron chi connectivity index (χ3n) is 3.49. The Morgan fingerprint density at radius 2 is 1.75 bits per heavy atom. The SMILES string of the molecule is Cc1cc(-c2ccc(C)c(S(=O)(=O)Nc3ccc(F)cc3)c2)on1. The number of halogens is 1. The summed E-state index contributed by atoms with van der Waals surface area (Å²) >= 11 is 0. The zero-order chi connectivity index (χ0) is 17.3. The van der Waals surface area contributed by atoms with Gasteiger partial charge >= 0.3 is 0 Å². The number of rotatable bonds is 4. The van der Waals surface area contributed by atoms with Crippen molar-refractivity contribution in [3.05, 3.63) is 65.6 Å². The average Bonchev–Trinajstić information content (AvgIpc) is 2.96. The molecule has 5 nitrogen and oxygen atoms in total. The van der Waals surface area contributed by atoms with Crippen LogP contribution in [-0.4, -0.2) is 13.6 Å². The van der Waals surface area contributed by atoms with E-state index in [4.69, 9.17) is 4.52 Å². The monoisotopic (exact) mass is 346 g/mol. The summed E-state index contributed by atoms with van der Waals surface area (Å²) in [7, 11) is -3.82. The molecule has 1 N–H and O–H groups in total. The molecule has 1 heterocycles. The number of nitrogens with zero attached hydrogens (tertiary/aromatic N) is 1. The van der Waals surface area contributed by atoms with E-state index in [-0.39, 0.29) is 10.6 Å². The first-order valence-corrected chi connectivity index (χ1v) is 8.66.